The summed E-state index contributed by atoms with van der Waals surface area (Å²) in [4.78, 5) is 24.9. The number of fused-ring (bicyclic) bond motifs is 1. The maximum Gasteiger partial charge on any atom is 0.307 e. The van der Waals surface area contributed by atoms with Gasteiger partial charge in [-0.05, 0) is 55.9 Å². The normalized spacial score (nSPS) is 24.1. The van der Waals surface area contributed by atoms with Crippen molar-refractivity contribution in [3.8, 4) is 0 Å². The first-order valence-electron chi connectivity index (χ1n) is 9.32. The van der Waals surface area contributed by atoms with E-state index < -0.39 is 21.9 Å². The van der Waals surface area contributed by atoms with Crippen molar-refractivity contribution in [2.75, 3.05) is 19.6 Å². The summed E-state index contributed by atoms with van der Waals surface area (Å²) in [6.45, 7) is 4.59. The van der Waals surface area contributed by atoms with Crippen LogP contribution < -0.4 is 0 Å². The third kappa shape index (κ3) is 4.01. The number of carbonyl (C=O) groups is 2. The molecule has 2 atom stereocenters. The molecule has 0 spiro atoms. The zero-order chi connectivity index (χ0) is 19.8. The molecule has 1 N–H and O–H groups in total. The molecule has 1 fully saturated rings. The van der Waals surface area contributed by atoms with E-state index in [1.54, 1.807) is 24.0 Å². The Hall–Kier alpha value is -1.93. The second-order valence-electron chi connectivity index (χ2n) is 7.47. The molecule has 148 valence electrons. The van der Waals surface area contributed by atoms with Gasteiger partial charge in [0.25, 0.3) is 0 Å². The fourth-order valence-corrected chi connectivity index (χ4v) is 5.68. The van der Waals surface area contributed by atoms with Gasteiger partial charge in [0.1, 0.15) is 0 Å². The number of hydrogen-bond donors (Lipinski definition) is 1. The molecular formula is C19H26N2O5S. The van der Waals surface area contributed by atoms with Gasteiger partial charge < -0.3 is 10.0 Å². The molecule has 2 unspecified atom stereocenters. The maximum atomic E-state index is 13.2. The van der Waals surface area contributed by atoms with Gasteiger partial charge in [-0.2, -0.15) is 4.31 Å². The van der Waals surface area contributed by atoms with Crippen LogP contribution in [0.15, 0.2) is 23.1 Å². The van der Waals surface area contributed by atoms with Gasteiger partial charge in [0.2, 0.25) is 15.9 Å². The van der Waals surface area contributed by atoms with Crippen molar-refractivity contribution >= 4 is 21.9 Å². The first kappa shape index (κ1) is 19.8. The molecule has 1 amide bonds. The molecule has 0 bridgehead atoms. The van der Waals surface area contributed by atoms with E-state index in [2.05, 4.69) is 0 Å². The first-order valence-corrected chi connectivity index (χ1v) is 10.8. The lowest BCUT2D eigenvalue weighted by Crippen LogP contribution is -2.47. The molecule has 3 rings (SSSR count). The molecule has 0 aromatic heterocycles. The number of amides is 1. The molecule has 2 heterocycles. The monoisotopic (exact) mass is 394 g/mol. The minimum Gasteiger partial charge on any atom is -0.481 e. The number of rotatable bonds is 3. The molecule has 27 heavy (non-hydrogen) atoms. The summed E-state index contributed by atoms with van der Waals surface area (Å²) in [5, 5.41) is 9.28. The van der Waals surface area contributed by atoms with E-state index in [4.69, 9.17) is 0 Å². The van der Waals surface area contributed by atoms with Gasteiger partial charge in [0.15, 0.2) is 0 Å². The van der Waals surface area contributed by atoms with E-state index in [0.717, 1.165) is 11.1 Å². The van der Waals surface area contributed by atoms with Gasteiger partial charge in [-0.25, -0.2) is 8.42 Å². The molecule has 0 aliphatic carbocycles. The lowest BCUT2D eigenvalue weighted by atomic mass is 9.96. The van der Waals surface area contributed by atoms with Crippen LogP contribution in [-0.2, 0) is 32.5 Å². The summed E-state index contributed by atoms with van der Waals surface area (Å²) in [6, 6.07) is 4.91. The molecule has 2 aliphatic heterocycles. The Morgan fingerprint density at radius 1 is 1.11 bits per heavy atom. The predicted octanol–water partition coefficient (Wildman–Crippen LogP) is 1.51. The van der Waals surface area contributed by atoms with E-state index in [1.165, 1.54) is 4.31 Å². The largest absolute Gasteiger partial charge is 0.481 e. The summed E-state index contributed by atoms with van der Waals surface area (Å²) in [7, 11) is -3.76. The topological polar surface area (TPSA) is 95.0 Å². The number of carboxylic acids is 1. The minimum atomic E-state index is -3.76. The number of carboxylic acid groups (broad SMARTS) is 1. The zero-order valence-corrected chi connectivity index (χ0v) is 16.5. The van der Waals surface area contributed by atoms with Crippen LogP contribution in [0, 0.1) is 5.92 Å². The highest BCUT2D eigenvalue weighted by molar-refractivity contribution is 7.89. The van der Waals surface area contributed by atoms with Crippen LogP contribution in [-0.4, -0.2) is 60.3 Å². The SMILES string of the molecule is CC(=O)N1CCc2ccc(S(=O)(=O)N3CC(C(=O)O)CCC3C)cc2CC1. The van der Waals surface area contributed by atoms with Crippen LogP contribution in [0.5, 0.6) is 0 Å². The lowest BCUT2D eigenvalue weighted by molar-refractivity contribution is -0.143. The van der Waals surface area contributed by atoms with Gasteiger partial charge in [0.05, 0.1) is 10.8 Å². The van der Waals surface area contributed by atoms with Crippen molar-refractivity contribution < 1.29 is 23.1 Å². The fourth-order valence-electron chi connectivity index (χ4n) is 3.92. The third-order valence-corrected chi connectivity index (χ3v) is 7.68. The minimum absolute atomic E-state index is 0.00797. The Balaban J connectivity index is 1.88. The summed E-state index contributed by atoms with van der Waals surface area (Å²) in [5.41, 5.74) is 2.01. The Morgan fingerprint density at radius 2 is 1.78 bits per heavy atom. The van der Waals surface area contributed by atoms with E-state index in [9.17, 15) is 23.1 Å². The standard InChI is InChI=1S/C19H26N2O5S/c1-13-3-4-17(19(23)24)12-21(13)27(25,26)18-6-5-15-7-9-20(14(2)22)10-8-16(15)11-18/h5-6,11,13,17H,3-4,7-10,12H2,1-2H3,(H,23,24). The number of sulfonamides is 1. The molecule has 8 heteroatoms. The van der Waals surface area contributed by atoms with E-state index >= 15 is 0 Å². The Bertz CT molecular complexity index is 852. The third-order valence-electron chi connectivity index (χ3n) is 5.71. The zero-order valence-electron chi connectivity index (χ0n) is 15.7. The Kier molecular flexibility index (Phi) is 5.58. The quantitative estimate of drug-likeness (QED) is 0.838. The highest BCUT2D eigenvalue weighted by Gasteiger charge is 2.37. The predicted molar refractivity (Wildman–Crippen MR) is 99.8 cm³/mol. The number of nitrogens with zero attached hydrogens (tertiary/aromatic N) is 2. The molecule has 0 saturated carbocycles. The van der Waals surface area contributed by atoms with Gasteiger partial charge in [-0.1, -0.05) is 6.07 Å². The Morgan fingerprint density at radius 3 is 2.41 bits per heavy atom. The van der Waals surface area contributed by atoms with Gasteiger partial charge in [-0.15, -0.1) is 0 Å². The van der Waals surface area contributed by atoms with Gasteiger partial charge >= 0.3 is 5.97 Å². The van der Waals surface area contributed by atoms with Crippen LogP contribution in [0.1, 0.15) is 37.8 Å². The summed E-state index contributed by atoms with van der Waals surface area (Å²) in [5.74, 6) is -1.59. The van der Waals surface area contributed by atoms with Crippen LogP contribution in [0.3, 0.4) is 0 Å². The average Bonchev–Trinajstić information content (AvgIpc) is 2.83. The smallest absolute Gasteiger partial charge is 0.307 e. The van der Waals surface area contributed by atoms with Crippen molar-refractivity contribution in [1.29, 1.82) is 0 Å². The van der Waals surface area contributed by atoms with Gasteiger partial charge in [-0.3, -0.25) is 9.59 Å². The van der Waals surface area contributed by atoms with Gasteiger partial charge in [0, 0.05) is 32.6 Å². The van der Waals surface area contributed by atoms with E-state index in [-0.39, 0.29) is 23.4 Å². The number of carbonyl (C=O) groups excluding carboxylic acids is 1. The summed E-state index contributed by atoms with van der Waals surface area (Å²) in [6.07, 6.45) is 2.35. The van der Waals surface area contributed by atoms with Crippen LogP contribution in [0.4, 0.5) is 0 Å². The molecular weight excluding hydrogens is 368 g/mol. The molecule has 7 nitrogen and oxygen atoms in total. The number of aliphatic carboxylic acids is 1. The van der Waals surface area contributed by atoms with E-state index in [0.29, 0.717) is 38.8 Å². The summed E-state index contributed by atoms with van der Waals surface area (Å²) >= 11 is 0. The molecule has 1 aromatic rings. The second kappa shape index (κ2) is 7.59. The Labute approximate surface area is 160 Å². The molecule has 2 aliphatic rings. The van der Waals surface area contributed by atoms with Crippen molar-refractivity contribution in [2.24, 2.45) is 5.92 Å². The van der Waals surface area contributed by atoms with Crippen LogP contribution >= 0.6 is 0 Å². The molecule has 1 saturated heterocycles. The highest BCUT2D eigenvalue weighted by Crippen LogP contribution is 2.30. The average molecular weight is 394 g/mol. The summed E-state index contributed by atoms with van der Waals surface area (Å²) < 4.78 is 27.7. The van der Waals surface area contributed by atoms with Crippen LogP contribution in [0.2, 0.25) is 0 Å². The lowest BCUT2D eigenvalue weighted by Gasteiger charge is -2.35. The van der Waals surface area contributed by atoms with Crippen molar-refractivity contribution in [1.82, 2.24) is 9.21 Å². The van der Waals surface area contributed by atoms with Crippen molar-refractivity contribution in [2.45, 2.75) is 50.5 Å². The second-order valence-corrected chi connectivity index (χ2v) is 9.36. The maximum absolute atomic E-state index is 13.2. The fraction of sp³-hybridized carbons (Fsp3) is 0.579. The molecule has 0 radical (unpaired) electrons. The van der Waals surface area contributed by atoms with Crippen LogP contribution in [0.25, 0.3) is 0 Å². The van der Waals surface area contributed by atoms with E-state index in [1.807, 2.05) is 13.0 Å². The molecule has 1 aromatic carbocycles. The van der Waals surface area contributed by atoms with Crippen molar-refractivity contribution in [3.05, 3.63) is 29.3 Å². The number of piperidine rings is 1. The number of benzene rings is 1. The highest BCUT2D eigenvalue weighted by atomic mass is 32.2. The number of hydrogen-bond acceptors (Lipinski definition) is 4. The van der Waals surface area contributed by atoms with Crippen molar-refractivity contribution in [3.63, 3.8) is 0 Å². The first-order chi connectivity index (χ1) is 12.7.